The Labute approximate surface area is 98.3 Å². The minimum atomic E-state index is -0.149. The van der Waals surface area contributed by atoms with Gasteiger partial charge in [-0.2, -0.15) is 0 Å². The van der Waals surface area contributed by atoms with Crippen LogP contribution >= 0.6 is 28.3 Å². The van der Waals surface area contributed by atoms with E-state index in [9.17, 15) is 0 Å². The SMILES string of the molecule is COc1ccc(Br)c([C@@H](N)CN)c1.Cl. The van der Waals surface area contributed by atoms with Crippen molar-refractivity contribution < 1.29 is 4.74 Å². The first kappa shape index (κ1) is 13.7. The predicted octanol–water partition coefficient (Wildman–Crippen LogP) is 1.84. The molecule has 1 aromatic carbocycles. The number of methoxy groups -OCH3 is 1. The maximum absolute atomic E-state index is 5.81. The Morgan fingerprint density at radius 1 is 1.50 bits per heavy atom. The first-order chi connectivity index (χ1) is 6.19. The highest BCUT2D eigenvalue weighted by Gasteiger charge is 2.08. The predicted molar refractivity (Wildman–Crippen MR) is 63.9 cm³/mol. The Morgan fingerprint density at radius 2 is 2.14 bits per heavy atom. The summed E-state index contributed by atoms with van der Waals surface area (Å²) in [5.41, 5.74) is 12.3. The van der Waals surface area contributed by atoms with Gasteiger partial charge in [0.05, 0.1) is 7.11 Å². The maximum Gasteiger partial charge on any atom is 0.119 e. The van der Waals surface area contributed by atoms with E-state index in [1.54, 1.807) is 7.11 Å². The first-order valence-corrected chi connectivity index (χ1v) is 4.77. The molecule has 0 saturated carbocycles. The molecule has 80 valence electrons. The fraction of sp³-hybridized carbons (Fsp3) is 0.333. The molecule has 0 amide bonds. The van der Waals surface area contributed by atoms with E-state index in [-0.39, 0.29) is 18.4 Å². The molecule has 5 heteroatoms. The average Bonchev–Trinajstić information content (AvgIpc) is 2.17. The van der Waals surface area contributed by atoms with Crippen molar-refractivity contribution in [2.24, 2.45) is 11.5 Å². The zero-order valence-corrected chi connectivity index (χ0v) is 10.3. The van der Waals surface area contributed by atoms with E-state index in [1.165, 1.54) is 0 Å². The quantitative estimate of drug-likeness (QED) is 0.889. The lowest BCUT2D eigenvalue weighted by Crippen LogP contribution is -2.21. The lowest BCUT2D eigenvalue weighted by molar-refractivity contribution is 0.413. The third kappa shape index (κ3) is 3.13. The molecule has 1 aromatic rings. The molecule has 0 radical (unpaired) electrons. The highest BCUT2D eigenvalue weighted by molar-refractivity contribution is 9.10. The number of halogens is 2. The second-order valence-electron chi connectivity index (χ2n) is 2.73. The summed E-state index contributed by atoms with van der Waals surface area (Å²) in [6.45, 7) is 0.422. The number of hydrogen-bond acceptors (Lipinski definition) is 3. The lowest BCUT2D eigenvalue weighted by atomic mass is 10.1. The highest BCUT2D eigenvalue weighted by atomic mass is 79.9. The molecule has 0 heterocycles. The second-order valence-corrected chi connectivity index (χ2v) is 3.58. The fourth-order valence-electron chi connectivity index (χ4n) is 1.06. The Hall–Kier alpha value is -0.290. The average molecular weight is 282 g/mol. The normalized spacial score (nSPS) is 11.7. The molecule has 0 saturated heterocycles. The van der Waals surface area contributed by atoms with Crippen molar-refractivity contribution in [2.45, 2.75) is 6.04 Å². The number of ether oxygens (including phenoxy) is 1. The molecule has 0 spiro atoms. The van der Waals surface area contributed by atoms with Crippen LogP contribution in [0.1, 0.15) is 11.6 Å². The number of benzene rings is 1. The van der Waals surface area contributed by atoms with E-state index in [2.05, 4.69) is 15.9 Å². The molecule has 4 N–H and O–H groups in total. The maximum atomic E-state index is 5.81. The fourth-order valence-corrected chi connectivity index (χ4v) is 1.60. The summed E-state index contributed by atoms with van der Waals surface area (Å²) in [4.78, 5) is 0. The van der Waals surface area contributed by atoms with Crippen LogP contribution in [0.25, 0.3) is 0 Å². The van der Waals surface area contributed by atoms with Gasteiger partial charge in [-0.25, -0.2) is 0 Å². The molecule has 0 fully saturated rings. The van der Waals surface area contributed by atoms with Crippen molar-refractivity contribution in [2.75, 3.05) is 13.7 Å². The van der Waals surface area contributed by atoms with Gasteiger partial charge in [0.1, 0.15) is 5.75 Å². The van der Waals surface area contributed by atoms with Crippen molar-refractivity contribution in [1.82, 2.24) is 0 Å². The minimum Gasteiger partial charge on any atom is -0.497 e. The van der Waals surface area contributed by atoms with Gasteiger partial charge in [-0.15, -0.1) is 12.4 Å². The van der Waals surface area contributed by atoms with Gasteiger partial charge in [-0.1, -0.05) is 15.9 Å². The monoisotopic (exact) mass is 280 g/mol. The van der Waals surface area contributed by atoms with Gasteiger partial charge in [-0.05, 0) is 23.8 Å². The standard InChI is InChI=1S/C9H13BrN2O.ClH/c1-13-6-2-3-8(10)7(4-6)9(12)5-11;/h2-4,9H,5,11-12H2,1H3;1H/t9-;/m0./s1. The van der Waals surface area contributed by atoms with E-state index in [4.69, 9.17) is 16.2 Å². The van der Waals surface area contributed by atoms with Crippen LogP contribution in [0.3, 0.4) is 0 Å². The number of rotatable bonds is 3. The van der Waals surface area contributed by atoms with Crippen LogP contribution in [0.15, 0.2) is 22.7 Å². The zero-order valence-electron chi connectivity index (χ0n) is 7.87. The molecule has 14 heavy (non-hydrogen) atoms. The Kier molecular flexibility index (Phi) is 6.11. The zero-order chi connectivity index (χ0) is 9.84. The summed E-state index contributed by atoms with van der Waals surface area (Å²) in [5.74, 6) is 0.794. The van der Waals surface area contributed by atoms with Gasteiger partial charge < -0.3 is 16.2 Å². The van der Waals surface area contributed by atoms with Crippen LogP contribution in [0, 0.1) is 0 Å². The van der Waals surface area contributed by atoms with E-state index in [1.807, 2.05) is 18.2 Å². The van der Waals surface area contributed by atoms with Gasteiger partial charge in [0, 0.05) is 17.1 Å². The van der Waals surface area contributed by atoms with Crippen LogP contribution in [-0.2, 0) is 0 Å². The highest BCUT2D eigenvalue weighted by Crippen LogP contribution is 2.26. The molecule has 0 aromatic heterocycles. The van der Waals surface area contributed by atoms with Crippen LogP contribution in [0.5, 0.6) is 5.75 Å². The summed E-state index contributed by atoms with van der Waals surface area (Å²) in [6.07, 6.45) is 0. The largest absolute Gasteiger partial charge is 0.497 e. The van der Waals surface area contributed by atoms with E-state index >= 15 is 0 Å². The van der Waals surface area contributed by atoms with Crippen molar-refractivity contribution in [1.29, 1.82) is 0 Å². The van der Waals surface area contributed by atoms with Crippen molar-refractivity contribution >= 4 is 28.3 Å². The molecular weight excluding hydrogens is 267 g/mol. The molecule has 0 unspecified atom stereocenters. The third-order valence-corrected chi connectivity index (χ3v) is 2.58. The smallest absolute Gasteiger partial charge is 0.119 e. The van der Waals surface area contributed by atoms with Gasteiger partial charge in [0.15, 0.2) is 0 Å². The first-order valence-electron chi connectivity index (χ1n) is 3.98. The lowest BCUT2D eigenvalue weighted by Gasteiger charge is -2.12. The van der Waals surface area contributed by atoms with Crippen molar-refractivity contribution in [3.8, 4) is 5.75 Å². The van der Waals surface area contributed by atoms with Crippen LogP contribution in [0.4, 0.5) is 0 Å². The van der Waals surface area contributed by atoms with Crippen LogP contribution < -0.4 is 16.2 Å². The molecule has 0 aliphatic rings. The molecule has 0 aliphatic carbocycles. The minimum absolute atomic E-state index is 0. The van der Waals surface area contributed by atoms with Crippen LogP contribution in [-0.4, -0.2) is 13.7 Å². The van der Waals surface area contributed by atoms with E-state index < -0.39 is 0 Å². The second kappa shape index (κ2) is 6.24. The molecule has 1 atom stereocenters. The van der Waals surface area contributed by atoms with Crippen molar-refractivity contribution in [3.05, 3.63) is 28.2 Å². The van der Waals surface area contributed by atoms with Gasteiger partial charge >= 0.3 is 0 Å². The molecular formula is C9H14BrClN2O. The third-order valence-electron chi connectivity index (χ3n) is 1.86. The van der Waals surface area contributed by atoms with Crippen LogP contribution in [0.2, 0.25) is 0 Å². The Balaban J connectivity index is 0.00000169. The van der Waals surface area contributed by atoms with Gasteiger partial charge in [0.2, 0.25) is 0 Å². The Bertz CT molecular complexity index is 296. The van der Waals surface area contributed by atoms with Gasteiger partial charge in [0.25, 0.3) is 0 Å². The summed E-state index contributed by atoms with van der Waals surface area (Å²) in [7, 11) is 1.63. The van der Waals surface area contributed by atoms with E-state index in [0.717, 1.165) is 15.8 Å². The molecule has 1 rings (SSSR count). The molecule has 3 nitrogen and oxygen atoms in total. The summed E-state index contributed by atoms with van der Waals surface area (Å²) in [5, 5.41) is 0. The molecule has 0 bridgehead atoms. The van der Waals surface area contributed by atoms with E-state index in [0.29, 0.717) is 6.54 Å². The number of nitrogens with two attached hydrogens (primary N) is 2. The summed E-state index contributed by atoms with van der Waals surface area (Å²) < 4.78 is 6.05. The topological polar surface area (TPSA) is 61.3 Å². The van der Waals surface area contributed by atoms with Gasteiger partial charge in [-0.3, -0.25) is 0 Å². The Morgan fingerprint density at radius 3 is 2.64 bits per heavy atom. The van der Waals surface area contributed by atoms with Crippen molar-refractivity contribution in [3.63, 3.8) is 0 Å². The summed E-state index contributed by atoms with van der Waals surface area (Å²) >= 11 is 3.41. The summed E-state index contributed by atoms with van der Waals surface area (Å²) in [6, 6.07) is 5.52. The molecule has 0 aliphatic heterocycles. The number of hydrogen-bond donors (Lipinski definition) is 2.